The van der Waals surface area contributed by atoms with Crippen molar-refractivity contribution < 1.29 is 9.53 Å². The zero-order chi connectivity index (χ0) is 22.1. The summed E-state index contributed by atoms with van der Waals surface area (Å²) in [4.78, 5) is 42.1. The van der Waals surface area contributed by atoms with Crippen LogP contribution in [-0.4, -0.2) is 41.5 Å². The predicted octanol–water partition coefficient (Wildman–Crippen LogP) is 2.73. The first-order valence-electron chi connectivity index (χ1n) is 10.0. The number of pyridine rings is 1. The molecule has 0 atom stereocenters. The van der Waals surface area contributed by atoms with Crippen molar-refractivity contribution in [1.29, 1.82) is 0 Å². The SMILES string of the molecule is CCOC(=O)c1cn2cc(-c3ccc4ncn(Cc5ncccn5)c(=O)c4c3)ccc2n1. The smallest absolute Gasteiger partial charge is 0.358 e. The lowest BCUT2D eigenvalue weighted by Crippen LogP contribution is -2.22. The molecule has 32 heavy (non-hydrogen) atoms. The van der Waals surface area contributed by atoms with Crippen molar-refractivity contribution in [3.8, 4) is 11.1 Å². The van der Waals surface area contributed by atoms with E-state index >= 15 is 0 Å². The van der Waals surface area contributed by atoms with E-state index in [0.717, 1.165) is 11.1 Å². The summed E-state index contributed by atoms with van der Waals surface area (Å²) in [6, 6.07) is 11.0. The fraction of sp³-hybridized carbons (Fsp3) is 0.130. The Morgan fingerprint density at radius 3 is 2.66 bits per heavy atom. The van der Waals surface area contributed by atoms with E-state index in [9.17, 15) is 9.59 Å². The lowest BCUT2D eigenvalue weighted by Gasteiger charge is -2.08. The lowest BCUT2D eigenvalue weighted by atomic mass is 10.1. The van der Waals surface area contributed by atoms with Crippen LogP contribution in [0.5, 0.6) is 0 Å². The van der Waals surface area contributed by atoms with Crippen LogP contribution in [0.25, 0.3) is 27.7 Å². The highest BCUT2D eigenvalue weighted by atomic mass is 16.5. The highest BCUT2D eigenvalue weighted by Gasteiger charge is 2.13. The van der Waals surface area contributed by atoms with Crippen LogP contribution in [0.2, 0.25) is 0 Å². The molecule has 9 nitrogen and oxygen atoms in total. The van der Waals surface area contributed by atoms with Gasteiger partial charge in [-0.05, 0) is 48.4 Å². The molecule has 0 saturated heterocycles. The Balaban J connectivity index is 1.53. The van der Waals surface area contributed by atoms with Crippen molar-refractivity contribution in [3.63, 3.8) is 0 Å². The van der Waals surface area contributed by atoms with Crippen LogP contribution in [0.4, 0.5) is 0 Å². The van der Waals surface area contributed by atoms with E-state index in [1.54, 1.807) is 36.0 Å². The molecule has 0 radical (unpaired) electrons. The molecule has 0 spiro atoms. The summed E-state index contributed by atoms with van der Waals surface area (Å²) in [5, 5.41) is 0.499. The quantitative estimate of drug-likeness (QED) is 0.398. The second-order valence-corrected chi connectivity index (χ2v) is 7.10. The Morgan fingerprint density at radius 2 is 1.84 bits per heavy atom. The van der Waals surface area contributed by atoms with Crippen LogP contribution in [0, 0.1) is 0 Å². The van der Waals surface area contributed by atoms with E-state index < -0.39 is 5.97 Å². The van der Waals surface area contributed by atoms with Crippen molar-refractivity contribution in [1.82, 2.24) is 28.9 Å². The maximum atomic E-state index is 13.1. The summed E-state index contributed by atoms with van der Waals surface area (Å²) in [5.41, 5.74) is 3.03. The first-order chi connectivity index (χ1) is 15.6. The molecule has 0 aliphatic heterocycles. The molecule has 0 aliphatic rings. The number of esters is 1. The third-order valence-electron chi connectivity index (χ3n) is 5.02. The number of imidazole rings is 1. The lowest BCUT2D eigenvalue weighted by molar-refractivity contribution is 0.0520. The third-order valence-corrected chi connectivity index (χ3v) is 5.02. The van der Waals surface area contributed by atoms with Gasteiger partial charge >= 0.3 is 5.97 Å². The van der Waals surface area contributed by atoms with Gasteiger partial charge in [0.15, 0.2) is 5.69 Å². The van der Waals surface area contributed by atoms with Crippen molar-refractivity contribution in [2.45, 2.75) is 13.5 Å². The van der Waals surface area contributed by atoms with Crippen LogP contribution in [-0.2, 0) is 11.3 Å². The Bertz CT molecular complexity index is 1510. The maximum absolute atomic E-state index is 13.1. The molecular weight excluding hydrogens is 408 g/mol. The van der Waals surface area contributed by atoms with Crippen LogP contribution in [0.3, 0.4) is 0 Å². The predicted molar refractivity (Wildman–Crippen MR) is 117 cm³/mol. The van der Waals surface area contributed by atoms with Crippen LogP contribution < -0.4 is 5.56 Å². The maximum Gasteiger partial charge on any atom is 0.358 e. The zero-order valence-electron chi connectivity index (χ0n) is 17.2. The van der Waals surface area contributed by atoms with Gasteiger partial charge in [-0.1, -0.05) is 6.07 Å². The average molecular weight is 426 g/mol. The van der Waals surface area contributed by atoms with Gasteiger partial charge in [0.05, 0.1) is 30.4 Å². The monoisotopic (exact) mass is 426 g/mol. The number of carbonyl (C=O) groups excluding carboxylic acids is 1. The molecule has 4 aromatic heterocycles. The second kappa shape index (κ2) is 8.03. The molecule has 0 bridgehead atoms. The number of nitrogens with zero attached hydrogens (tertiary/aromatic N) is 6. The van der Waals surface area contributed by atoms with Crippen molar-refractivity contribution in [2.24, 2.45) is 0 Å². The number of benzene rings is 1. The van der Waals surface area contributed by atoms with E-state index in [1.165, 1.54) is 10.9 Å². The summed E-state index contributed by atoms with van der Waals surface area (Å²) in [6.45, 7) is 2.28. The van der Waals surface area contributed by atoms with Crippen molar-refractivity contribution in [3.05, 3.63) is 89.4 Å². The Kier molecular flexibility index (Phi) is 4.91. The van der Waals surface area contributed by atoms with E-state index in [0.29, 0.717) is 22.4 Å². The minimum Gasteiger partial charge on any atom is -0.461 e. The van der Waals surface area contributed by atoms with Crippen LogP contribution in [0.15, 0.2) is 72.3 Å². The minimum absolute atomic E-state index is 0.169. The largest absolute Gasteiger partial charge is 0.461 e. The molecule has 5 rings (SSSR count). The van der Waals surface area contributed by atoms with Gasteiger partial charge in [-0.15, -0.1) is 0 Å². The van der Waals surface area contributed by atoms with Gasteiger partial charge < -0.3 is 9.14 Å². The number of rotatable bonds is 5. The van der Waals surface area contributed by atoms with Crippen molar-refractivity contribution >= 4 is 22.5 Å². The van der Waals surface area contributed by atoms with Gasteiger partial charge in [-0.3, -0.25) is 9.36 Å². The Morgan fingerprint density at radius 1 is 1.03 bits per heavy atom. The molecule has 0 saturated carbocycles. The van der Waals surface area contributed by atoms with E-state index in [2.05, 4.69) is 19.9 Å². The number of ether oxygens (including phenoxy) is 1. The molecule has 0 N–H and O–H groups in total. The standard InChI is InChI=1S/C23H18N6O3/c1-2-32-23(31)19-12-28-11-16(5-7-21(28)27-19)15-4-6-18-17(10-15)22(30)29(14-26-18)13-20-24-8-3-9-25-20/h3-12,14H,2,13H2,1H3. The summed E-state index contributed by atoms with van der Waals surface area (Å²) >= 11 is 0. The first-order valence-corrected chi connectivity index (χ1v) is 10.0. The fourth-order valence-corrected chi connectivity index (χ4v) is 3.48. The number of aromatic nitrogens is 6. The average Bonchev–Trinajstić information content (AvgIpc) is 3.25. The van der Waals surface area contributed by atoms with Gasteiger partial charge in [0.1, 0.15) is 11.5 Å². The van der Waals surface area contributed by atoms with Gasteiger partial charge in [-0.25, -0.2) is 24.7 Å². The number of carbonyl (C=O) groups is 1. The second-order valence-electron chi connectivity index (χ2n) is 7.10. The molecule has 0 fully saturated rings. The number of hydrogen-bond acceptors (Lipinski definition) is 7. The molecule has 9 heteroatoms. The van der Waals surface area contributed by atoms with E-state index in [4.69, 9.17) is 4.74 Å². The number of hydrogen-bond donors (Lipinski definition) is 0. The van der Waals surface area contributed by atoms with Gasteiger partial charge in [0, 0.05) is 24.8 Å². The Hall–Kier alpha value is -4.40. The van der Waals surface area contributed by atoms with E-state index in [-0.39, 0.29) is 24.4 Å². The summed E-state index contributed by atoms with van der Waals surface area (Å²) < 4.78 is 8.28. The van der Waals surface area contributed by atoms with Gasteiger partial charge in [0.25, 0.3) is 5.56 Å². The minimum atomic E-state index is -0.461. The molecule has 5 aromatic rings. The Labute approximate surface area is 182 Å². The third kappa shape index (κ3) is 3.60. The molecule has 0 aliphatic carbocycles. The van der Waals surface area contributed by atoms with Crippen LogP contribution in [0.1, 0.15) is 23.2 Å². The first kappa shape index (κ1) is 19.6. The summed E-state index contributed by atoms with van der Waals surface area (Å²) in [5.74, 6) is 0.0762. The zero-order valence-corrected chi connectivity index (χ0v) is 17.2. The van der Waals surface area contributed by atoms with E-state index in [1.807, 2.05) is 36.5 Å². The van der Waals surface area contributed by atoms with Crippen LogP contribution >= 0.6 is 0 Å². The molecule has 0 unspecified atom stereocenters. The molecule has 158 valence electrons. The molecule has 1 aromatic carbocycles. The fourth-order valence-electron chi connectivity index (χ4n) is 3.48. The summed E-state index contributed by atoms with van der Waals surface area (Å²) in [7, 11) is 0. The topological polar surface area (TPSA) is 104 Å². The summed E-state index contributed by atoms with van der Waals surface area (Å²) in [6.07, 6.45) is 8.28. The molecule has 0 amide bonds. The van der Waals surface area contributed by atoms with Gasteiger partial charge in [0.2, 0.25) is 0 Å². The number of fused-ring (bicyclic) bond motifs is 2. The highest BCUT2D eigenvalue weighted by molar-refractivity contribution is 5.88. The molecule has 4 heterocycles. The van der Waals surface area contributed by atoms with Crippen molar-refractivity contribution in [2.75, 3.05) is 6.61 Å². The highest BCUT2D eigenvalue weighted by Crippen LogP contribution is 2.23. The van der Waals surface area contributed by atoms with Gasteiger partial charge in [-0.2, -0.15) is 0 Å². The normalized spacial score (nSPS) is 11.2. The molecular formula is C23H18N6O3.